The molecule has 0 atom stereocenters. The minimum atomic E-state index is -4.08. The Hall–Kier alpha value is -3.36. The average molecular weight is 514 g/mol. The van der Waals surface area contributed by atoms with Gasteiger partial charge in [-0.1, -0.05) is 49.7 Å². The van der Waals surface area contributed by atoms with Crippen molar-refractivity contribution in [2.24, 2.45) is 5.92 Å². The van der Waals surface area contributed by atoms with E-state index < -0.39 is 15.9 Å². The molecular weight excluding hydrogens is 486 g/mol. The third kappa shape index (κ3) is 6.61. The fourth-order valence-electron chi connectivity index (χ4n) is 3.27. The lowest BCUT2D eigenvalue weighted by molar-refractivity contribution is 0.0950. The van der Waals surface area contributed by atoms with E-state index in [0.29, 0.717) is 23.5 Å². The third-order valence-electron chi connectivity index (χ3n) is 5.21. The highest BCUT2D eigenvalue weighted by Crippen LogP contribution is 2.27. The van der Waals surface area contributed by atoms with Crippen molar-refractivity contribution in [1.29, 1.82) is 0 Å². The van der Waals surface area contributed by atoms with Crippen LogP contribution in [0.25, 0.3) is 0 Å². The molecule has 0 spiro atoms. The predicted molar refractivity (Wildman–Crippen MR) is 140 cm³/mol. The second-order valence-corrected chi connectivity index (χ2v) is 10.7. The van der Waals surface area contributed by atoms with Gasteiger partial charge in [0.2, 0.25) is 0 Å². The Balaban J connectivity index is 1.87. The van der Waals surface area contributed by atoms with Crippen LogP contribution in [0.1, 0.15) is 45.7 Å². The Labute approximate surface area is 211 Å². The first-order valence-electron chi connectivity index (χ1n) is 11.1. The van der Waals surface area contributed by atoms with Crippen LogP contribution in [0, 0.1) is 19.8 Å². The van der Waals surface area contributed by atoms with Crippen molar-refractivity contribution in [2.45, 2.75) is 32.6 Å². The fraction of sp³-hybridized carbons (Fsp3) is 0.231. The van der Waals surface area contributed by atoms with Crippen molar-refractivity contribution in [3.8, 4) is 0 Å². The standard InChI is InChI=1S/C26H28ClN3O4S/c1-16(2)15-28-26(32)20-7-5-6-8-22(20)29-25(31)19-11-12-21(27)24(14-19)35(33,34)30-23-13-17(3)9-10-18(23)4/h5-14,16,30H,15H2,1-4H3,(H,28,32)(H,29,31). The van der Waals surface area contributed by atoms with E-state index in [4.69, 9.17) is 11.6 Å². The third-order valence-corrected chi connectivity index (χ3v) is 7.06. The number of para-hydroxylation sites is 1. The molecule has 0 aliphatic heterocycles. The minimum Gasteiger partial charge on any atom is -0.352 e. The van der Waals surface area contributed by atoms with Gasteiger partial charge in [0.1, 0.15) is 4.90 Å². The van der Waals surface area contributed by atoms with E-state index in [1.165, 1.54) is 18.2 Å². The van der Waals surface area contributed by atoms with Crippen molar-refractivity contribution in [3.63, 3.8) is 0 Å². The largest absolute Gasteiger partial charge is 0.352 e. The van der Waals surface area contributed by atoms with Crippen LogP contribution in [-0.2, 0) is 10.0 Å². The van der Waals surface area contributed by atoms with Gasteiger partial charge in [0.25, 0.3) is 21.8 Å². The molecule has 9 heteroatoms. The van der Waals surface area contributed by atoms with Crippen LogP contribution >= 0.6 is 11.6 Å². The Morgan fingerprint density at radius 2 is 1.63 bits per heavy atom. The quantitative estimate of drug-likeness (QED) is 0.375. The number of nitrogens with one attached hydrogen (secondary N) is 3. The summed E-state index contributed by atoms with van der Waals surface area (Å²) in [4.78, 5) is 25.4. The number of halogens is 1. The van der Waals surface area contributed by atoms with Crippen LogP contribution in [0.15, 0.2) is 65.6 Å². The molecule has 7 nitrogen and oxygen atoms in total. The van der Waals surface area contributed by atoms with Gasteiger partial charge in [0, 0.05) is 12.1 Å². The highest BCUT2D eigenvalue weighted by molar-refractivity contribution is 7.92. The second kappa shape index (κ2) is 10.9. The van der Waals surface area contributed by atoms with Gasteiger partial charge >= 0.3 is 0 Å². The van der Waals surface area contributed by atoms with Crippen molar-refractivity contribution in [1.82, 2.24) is 5.32 Å². The smallest absolute Gasteiger partial charge is 0.263 e. The van der Waals surface area contributed by atoms with Gasteiger partial charge in [-0.2, -0.15) is 0 Å². The van der Waals surface area contributed by atoms with Crippen LogP contribution in [-0.4, -0.2) is 26.8 Å². The molecular formula is C26H28ClN3O4S. The van der Waals surface area contributed by atoms with Crippen molar-refractivity contribution in [2.75, 3.05) is 16.6 Å². The first-order valence-corrected chi connectivity index (χ1v) is 12.9. The number of sulfonamides is 1. The number of hydrogen-bond acceptors (Lipinski definition) is 4. The van der Waals surface area contributed by atoms with Crippen LogP contribution < -0.4 is 15.4 Å². The highest BCUT2D eigenvalue weighted by atomic mass is 35.5. The van der Waals surface area contributed by atoms with E-state index >= 15 is 0 Å². The molecule has 184 valence electrons. The van der Waals surface area contributed by atoms with E-state index in [-0.39, 0.29) is 27.3 Å². The molecule has 0 heterocycles. The zero-order chi connectivity index (χ0) is 25.8. The molecule has 0 aliphatic rings. The van der Waals surface area contributed by atoms with E-state index in [1.807, 2.05) is 32.9 Å². The maximum Gasteiger partial charge on any atom is 0.263 e. The predicted octanol–water partition coefficient (Wildman–Crippen LogP) is 5.40. The molecule has 3 rings (SSSR count). The number of aryl methyl sites for hydroxylation is 2. The highest BCUT2D eigenvalue weighted by Gasteiger charge is 2.22. The number of carbonyl (C=O) groups is 2. The molecule has 0 radical (unpaired) electrons. The van der Waals surface area contributed by atoms with Gasteiger partial charge in [0.15, 0.2) is 0 Å². The molecule has 3 N–H and O–H groups in total. The van der Waals surface area contributed by atoms with Crippen LogP contribution in [0.4, 0.5) is 11.4 Å². The molecule has 0 saturated heterocycles. The van der Waals surface area contributed by atoms with E-state index in [9.17, 15) is 18.0 Å². The van der Waals surface area contributed by atoms with Crippen LogP contribution in [0.3, 0.4) is 0 Å². The van der Waals surface area contributed by atoms with Gasteiger partial charge in [-0.15, -0.1) is 0 Å². The molecule has 0 aliphatic carbocycles. The van der Waals surface area contributed by atoms with Gasteiger partial charge in [-0.05, 0) is 67.3 Å². The maximum absolute atomic E-state index is 13.1. The maximum atomic E-state index is 13.1. The Morgan fingerprint density at radius 1 is 0.914 bits per heavy atom. The van der Waals surface area contributed by atoms with Crippen LogP contribution in [0.5, 0.6) is 0 Å². The van der Waals surface area contributed by atoms with Crippen molar-refractivity contribution >= 4 is 44.8 Å². The summed E-state index contributed by atoms with van der Waals surface area (Å²) in [5.74, 6) is -0.618. The summed E-state index contributed by atoms with van der Waals surface area (Å²) in [6.07, 6.45) is 0. The zero-order valence-electron chi connectivity index (χ0n) is 20.0. The first kappa shape index (κ1) is 26.2. The molecule has 3 aromatic rings. The Bertz CT molecular complexity index is 1370. The summed E-state index contributed by atoms with van der Waals surface area (Å²) >= 11 is 6.21. The van der Waals surface area contributed by atoms with Gasteiger partial charge in [0.05, 0.1) is 22.0 Å². The number of benzene rings is 3. The molecule has 0 aromatic heterocycles. The Kier molecular flexibility index (Phi) is 8.19. The van der Waals surface area contributed by atoms with Crippen molar-refractivity contribution in [3.05, 3.63) is 87.9 Å². The number of rotatable bonds is 8. The first-order chi connectivity index (χ1) is 16.5. The number of amides is 2. The van der Waals surface area contributed by atoms with E-state index in [1.54, 1.807) is 37.3 Å². The van der Waals surface area contributed by atoms with Gasteiger partial charge in [-0.25, -0.2) is 8.42 Å². The summed E-state index contributed by atoms with van der Waals surface area (Å²) in [5, 5.41) is 5.51. The van der Waals surface area contributed by atoms with Gasteiger partial charge < -0.3 is 10.6 Å². The van der Waals surface area contributed by atoms with E-state index in [2.05, 4.69) is 15.4 Å². The number of anilines is 2. The Morgan fingerprint density at radius 3 is 2.34 bits per heavy atom. The monoisotopic (exact) mass is 513 g/mol. The molecule has 3 aromatic carbocycles. The van der Waals surface area contributed by atoms with Gasteiger partial charge in [-0.3, -0.25) is 14.3 Å². The lowest BCUT2D eigenvalue weighted by atomic mass is 10.1. The normalized spacial score (nSPS) is 11.3. The molecule has 2 amide bonds. The summed E-state index contributed by atoms with van der Waals surface area (Å²) in [6, 6.07) is 16.0. The number of carbonyl (C=O) groups excluding carboxylic acids is 2. The summed E-state index contributed by atoms with van der Waals surface area (Å²) < 4.78 is 28.8. The van der Waals surface area contributed by atoms with Crippen molar-refractivity contribution < 1.29 is 18.0 Å². The minimum absolute atomic E-state index is 0.0205. The number of hydrogen-bond donors (Lipinski definition) is 3. The van der Waals surface area contributed by atoms with Crippen LogP contribution in [0.2, 0.25) is 5.02 Å². The zero-order valence-corrected chi connectivity index (χ0v) is 21.5. The second-order valence-electron chi connectivity index (χ2n) is 8.67. The average Bonchev–Trinajstić information content (AvgIpc) is 2.80. The molecule has 0 saturated carbocycles. The molecule has 0 bridgehead atoms. The lowest BCUT2D eigenvalue weighted by Crippen LogP contribution is -2.28. The SMILES string of the molecule is Cc1ccc(C)c(NS(=O)(=O)c2cc(C(=O)Nc3ccccc3C(=O)NCC(C)C)ccc2Cl)c1. The summed E-state index contributed by atoms with van der Waals surface area (Å²) in [7, 11) is -4.08. The summed E-state index contributed by atoms with van der Waals surface area (Å²) in [5.41, 5.74) is 2.76. The molecule has 0 fully saturated rings. The fourth-order valence-corrected chi connectivity index (χ4v) is 4.92. The summed E-state index contributed by atoms with van der Waals surface area (Å²) in [6.45, 7) is 8.10. The topological polar surface area (TPSA) is 104 Å². The molecule has 0 unspecified atom stereocenters. The molecule has 35 heavy (non-hydrogen) atoms. The van der Waals surface area contributed by atoms with E-state index in [0.717, 1.165) is 11.1 Å². The lowest BCUT2D eigenvalue weighted by Gasteiger charge is -2.14.